The third kappa shape index (κ3) is 5.23. The summed E-state index contributed by atoms with van der Waals surface area (Å²) in [7, 11) is -4.30. The third-order valence-corrected chi connectivity index (χ3v) is 6.18. The first kappa shape index (κ1) is 21.9. The fraction of sp³-hybridized carbons (Fsp3) is 0.176. The molecule has 1 atom stereocenters. The summed E-state index contributed by atoms with van der Waals surface area (Å²) < 4.78 is 81.4. The van der Waals surface area contributed by atoms with Crippen molar-refractivity contribution in [1.29, 1.82) is 0 Å². The smallest absolute Gasteiger partial charge is 0.406 e. The van der Waals surface area contributed by atoms with Crippen LogP contribution in [0, 0.1) is 5.82 Å². The average molecular weight is 463 g/mol. The minimum Gasteiger partial charge on any atom is -0.406 e. The van der Waals surface area contributed by atoms with E-state index in [0.29, 0.717) is 10.2 Å². The van der Waals surface area contributed by atoms with E-state index < -0.39 is 44.8 Å². The van der Waals surface area contributed by atoms with Gasteiger partial charge in [0.15, 0.2) is 5.13 Å². The van der Waals surface area contributed by atoms with Gasteiger partial charge < -0.3 is 10.1 Å². The Labute approximate surface area is 171 Å². The largest absolute Gasteiger partial charge is 0.573 e. The van der Waals surface area contributed by atoms with Crippen molar-refractivity contribution in [3.05, 3.63) is 48.3 Å². The number of alkyl halides is 3. The molecule has 0 saturated heterocycles. The lowest BCUT2D eigenvalue weighted by Crippen LogP contribution is -2.41. The minimum absolute atomic E-state index is 0.0381. The van der Waals surface area contributed by atoms with E-state index in [9.17, 15) is 30.8 Å². The number of rotatable bonds is 6. The molecule has 0 bridgehead atoms. The Morgan fingerprint density at radius 3 is 2.57 bits per heavy atom. The Morgan fingerprint density at radius 1 is 1.20 bits per heavy atom. The van der Waals surface area contributed by atoms with Crippen LogP contribution in [-0.4, -0.2) is 31.7 Å². The molecule has 0 unspecified atom stereocenters. The van der Waals surface area contributed by atoms with Gasteiger partial charge in [-0.1, -0.05) is 23.5 Å². The lowest BCUT2D eigenvalue weighted by molar-refractivity contribution is -0.274. The van der Waals surface area contributed by atoms with Crippen molar-refractivity contribution in [3.8, 4) is 5.75 Å². The fourth-order valence-electron chi connectivity index (χ4n) is 2.38. The molecule has 0 radical (unpaired) electrons. The molecule has 0 aliphatic heterocycles. The first-order chi connectivity index (χ1) is 13.9. The van der Waals surface area contributed by atoms with Gasteiger partial charge in [-0.2, -0.15) is 4.72 Å². The van der Waals surface area contributed by atoms with Crippen LogP contribution < -0.4 is 14.8 Å². The van der Waals surface area contributed by atoms with E-state index in [1.165, 1.54) is 25.1 Å². The summed E-state index contributed by atoms with van der Waals surface area (Å²) in [5.41, 5.74) is 0.310. The lowest BCUT2D eigenvalue weighted by Gasteiger charge is -2.13. The highest BCUT2D eigenvalue weighted by Gasteiger charge is 2.31. The van der Waals surface area contributed by atoms with Crippen LogP contribution in [0.5, 0.6) is 5.75 Å². The van der Waals surface area contributed by atoms with Gasteiger partial charge in [-0.3, -0.25) is 4.79 Å². The van der Waals surface area contributed by atoms with E-state index in [2.05, 4.69) is 19.8 Å². The van der Waals surface area contributed by atoms with Crippen LogP contribution in [0.15, 0.2) is 47.4 Å². The number of nitrogens with zero attached hydrogens (tertiary/aromatic N) is 1. The fourth-order valence-corrected chi connectivity index (χ4v) is 4.56. The lowest BCUT2D eigenvalue weighted by atomic mass is 10.3. The van der Waals surface area contributed by atoms with E-state index in [4.69, 9.17) is 0 Å². The maximum atomic E-state index is 13.7. The number of carbonyl (C=O) groups excluding carboxylic acids is 1. The van der Waals surface area contributed by atoms with E-state index in [0.717, 1.165) is 35.6 Å². The Hall–Kier alpha value is -2.77. The molecule has 1 heterocycles. The van der Waals surface area contributed by atoms with Crippen molar-refractivity contribution in [1.82, 2.24) is 9.71 Å². The molecule has 3 aromatic rings. The molecule has 2 N–H and O–H groups in total. The number of fused-ring (bicyclic) bond motifs is 1. The molecule has 0 aliphatic rings. The van der Waals surface area contributed by atoms with E-state index in [1.807, 2.05) is 0 Å². The number of benzene rings is 2. The summed E-state index contributed by atoms with van der Waals surface area (Å²) in [6, 6.07) is 6.86. The maximum Gasteiger partial charge on any atom is 0.573 e. The van der Waals surface area contributed by atoms with Crippen molar-refractivity contribution in [3.63, 3.8) is 0 Å². The second-order valence-corrected chi connectivity index (χ2v) is 8.67. The molecule has 1 amide bonds. The van der Waals surface area contributed by atoms with Crippen LogP contribution >= 0.6 is 11.3 Å². The molecule has 0 aliphatic carbocycles. The van der Waals surface area contributed by atoms with E-state index in [-0.39, 0.29) is 5.13 Å². The highest BCUT2D eigenvalue weighted by Crippen LogP contribution is 2.31. The standard InChI is InChI=1S/C17H13F4N3O4S2/c1-9(24-30(26,27)14-5-3-2-4-11(14)18)15(25)23-16-22-12-7-6-10(8-13(12)29-16)28-17(19,20)21/h2-9,24H,1H3,(H,22,23,25)/t9-/m0/s1. The number of halogens is 4. The van der Waals surface area contributed by atoms with Gasteiger partial charge >= 0.3 is 6.36 Å². The summed E-state index contributed by atoms with van der Waals surface area (Å²) in [4.78, 5) is 15.7. The molecular formula is C17H13F4N3O4S2. The van der Waals surface area contributed by atoms with Crippen molar-refractivity contribution >= 4 is 42.6 Å². The van der Waals surface area contributed by atoms with Crippen LogP contribution in [0.3, 0.4) is 0 Å². The minimum atomic E-state index is -4.85. The van der Waals surface area contributed by atoms with Crippen LogP contribution in [0.1, 0.15) is 6.92 Å². The monoisotopic (exact) mass is 463 g/mol. The SMILES string of the molecule is C[C@H](NS(=O)(=O)c1ccccc1F)C(=O)Nc1nc2ccc(OC(F)(F)F)cc2s1. The normalized spacial score (nSPS) is 13.2. The number of hydrogen-bond donors (Lipinski definition) is 2. The van der Waals surface area contributed by atoms with Crippen LogP contribution in [0.25, 0.3) is 10.2 Å². The van der Waals surface area contributed by atoms with Gasteiger partial charge in [0.25, 0.3) is 0 Å². The molecule has 13 heteroatoms. The number of nitrogens with one attached hydrogen (secondary N) is 2. The van der Waals surface area contributed by atoms with Gasteiger partial charge in [-0.15, -0.1) is 13.2 Å². The van der Waals surface area contributed by atoms with Crippen LogP contribution in [-0.2, 0) is 14.8 Å². The van der Waals surface area contributed by atoms with Gasteiger partial charge in [0, 0.05) is 6.07 Å². The summed E-state index contributed by atoms with van der Waals surface area (Å²) in [5, 5.41) is 2.41. The summed E-state index contributed by atoms with van der Waals surface area (Å²) in [5.74, 6) is -2.20. The quantitative estimate of drug-likeness (QED) is 0.544. The van der Waals surface area contributed by atoms with E-state index in [1.54, 1.807) is 0 Å². The number of sulfonamides is 1. The molecular weight excluding hydrogens is 450 g/mol. The second kappa shape index (κ2) is 8.16. The average Bonchev–Trinajstić information content (AvgIpc) is 3.01. The molecule has 0 fully saturated rings. The summed E-state index contributed by atoms with van der Waals surface area (Å²) in [6.45, 7) is 1.25. The van der Waals surface area contributed by atoms with Crippen molar-refractivity contribution in [2.24, 2.45) is 0 Å². The van der Waals surface area contributed by atoms with E-state index >= 15 is 0 Å². The summed E-state index contributed by atoms with van der Waals surface area (Å²) in [6.07, 6.45) is -4.85. The van der Waals surface area contributed by atoms with Crippen molar-refractivity contribution in [2.75, 3.05) is 5.32 Å². The molecule has 1 aromatic heterocycles. The zero-order valence-electron chi connectivity index (χ0n) is 15.0. The Kier molecular flexibility index (Phi) is 5.97. The van der Waals surface area contributed by atoms with Gasteiger partial charge in [0.05, 0.1) is 16.3 Å². The Morgan fingerprint density at radius 2 is 1.90 bits per heavy atom. The first-order valence-corrected chi connectivity index (χ1v) is 10.5. The zero-order chi connectivity index (χ0) is 22.1. The van der Waals surface area contributed by atoms with Crippen molar-refractivity contribution in [2.45, 2.75) is 24.2 Å². The molecule has 3 rings (SSSR count). The number of carbonyl (C=O) groups is 1. The van der Waals surface area contributed by atoms with Gasteiger partial charge in [0.1, 0.15) is 16.5 Å². The molecule has 160 valence electrons. The highest BCUT2D eigenvalue weighted by molar-refractivity contribution is 7.89. The Bertz CT molecular complexity index is 1200. The maximum absolute atomic E-state index is 13.7. The number of aromatic nitrogens is 1. The van der Waals surface area contributed by atoms with Gasteiger partial charge in [-0.25, -0.2) is 17.8 Å². The second-order valence-electron chi connectivity index (χ2n) is 5.96. The number of hydrogen-bond acceptors (Lipinski definition) is 6. The Balaban J connectivity index is 1.72. The third-order valence-electron chi connectivity index (χ3n) is 3.67. The highest BCUT2D eigenvalue weighted by atomic mass is 32.2. The van der Waals surface area contributed by atoms with Crippen LogP contribution in [0.2, 0.25) is 0 Å². The molecule has 2 aromatic carbocycles. The molecule has 0 saturated carbocycles. The molecule has 30 heavy (non-hydrogen) atoms. The number of anilines is 1. The number of amides is 1. The zero-order valence-corrected chi connectivity index (χ0v) is 16.7. The topological polar surface area (TPSA) is 97.4 Å². The summed E-state index contributed by atoms with van der Waals surface area (Å²) >= 11 is 0.872. The molecule has 7 nitrogen and oxygen atoms in total. The first-order valence-electron chi connectivity index (χ1n) is 8.19. The molecule has 0 spiro atoms. The number of ether oxygens (including phenoxy) is 1. The van der Waals surface area contributed by atoms with Gasteiger partial charge in [-0.05, 0) is 31.2 Å². The number of thiazole rings is 1. The predicted molar refractivity (Wildman–Crippen MR) is 101 cm³/mol. The van der Waals surface area contributed by atoms with Crippen molar-refractivity contribution < 1.29 is 35.5 Å². The predicted octanol–water partition coefficient (Wildman–Crippen LogP) is 3.64. The van der Waals surface area contributed by atoms with Crippen LogP contribution in [0.4, 0.5) is 22.7 Å². The van der Waals surface area contributed by atoms with Gasteiger partial charge in [0.2, 0.25) is 15.9 Å².